The molecule has 5 nitrogen and oxygen atoms in total. The Balaban J connectivity index is 1.95. The monoisotopic (exact) mass is 307 g/mol. The van der Waals surface area contributed by atoms with Gasteiger partial charge in [0.25, 0.3) is 0 Å². The number of aromatic nitrogens is 3. The number of carbonyl (C=O) groups excluding carboxylic acids is 1. The molecular formula is C18H17N3O2. The highest BCUT2D eigenvalue weighted by molar-refractivity contribution is 5.66. The van der Waals surface area contributed by atoms with Crippen LogP contribution >= 0.6 is 0 Å². The first-order valence-electron chi connectivity index (χ1n) is 7.39. The van der Waals surface area contributed by atoms with Crippen molar-refractivity contribution in [3.05, 3.63) is 71.9 Å². The molecule has 0 bridgehead atoms. The van der Waals surface area contributed by atoms with Gasteiger partial charge in [-0.3, -0.25) is 4.79 Å². The molecule has 1 heterocycles. The number of benzene rings is 2. The highest BCUT2D eigenvalue weighted by atomic mass is 16.5. The molecule has 0 N–H and O–H groups in total. The number of esters is 1. The van der Waals surface area contributed by atoms with Gasteiger partial charge in [0, 0.05) is 12.5 Å². The van der Waals surface area contributed by atoms with E-state index in [1.807, 2.05) is 60.7 Å². The van der Waals surface area contributed by atoms with E-state index in [1.165, 1.54) is 6.92 Å². The van der Waals surface area contributed by atoms with Crippen molar-refractivity contribution >= 4 is 5.97 Å². The molecule has 0 atom stereocenters. The molecule has 1 aromatic heterocycles. The predicted molar refractivity (Wildman–Crippen MR) is 86.5 cm³/mol. The lowest BCUT2D eigenvalue weighted by Gasteiger charge is -2.08. The first-order chi connectivity index (χ1) is 11.2. The van der Waals surface area contributed by atoms with E-state index < -0.39 is 0 Å². The summed E-state index contributed by atoms with van der Waals surface area (Å²) in [4.78, 5) is 11.2. The van der Waals surface area contributed by atoms with E-state index >= 15 is 0 Å². The summed E-state index contributed by atoms with van der Waals surface area (Å²) in [5, 5.41) is 8.52. The quantitative estimate of drug-likeness (QED) is 0.680. The van der Waals surface area contributed by atoms with E-state index in [9.17, 15) is 4.79 Å². The Morgan fingerprint density at radius 2 is 1.70 bits per heavy atom. The van der Waals surface area contributed by atoms with Gasteiger partial charge in [-0.2, -0.15) is 0 Å². The van der Waals surface area contributed by atoms with Crippen molar-refractivity contribution in [2.75, 3.05) is 0 Å². The molecule has 116 valence electrons. The molecule has 5 heteroatoms. The lowest BCUT2D eigenvalue weighted by Crippen LogP contribution is -2.10. The Hall–Kier alpha value is -2.95. The topological polar surface area (TPSA) is 57.0 Å². The Bertz CT molecular complexity index is 783. The van der Waals surface area contributed by atoms with Crippen molar-refractivity contribution in [1.29, 1.82) is 0 Å². The first kappa shape index (κ1) is 15.0. The van der Waals surface area contributed by atoms with Crippen LogP contribution in [0.3, 0.4) is 0 Å². The van der Waals surface area contributed by atoms with Gasteiger partial charge in [0.15, 0.2) is 0 Å². The van der Waals surface area contributed by atoms with E-state index in [1.54, 1.807) is 4.68 Å². The van der Waals surface area contributed by atoms with Crippen LogP contribution in [-0.4, -0.2) is 21.0 Å². The van der Waals surface area contributed by atoms with Crippen LogP contribution in [-0.2, 0) is 22.7 Å². The minimum absolute atomic E-state index is 0.152. The second-order valence-corrected chi connectivity index (χ2v) is 5.17. The van der Waals surface area contributed by atoms with Gasteiger partial charge in [-0.05, 0) is 5.56 Å². The van der Waals surface area contributed by atoms with Crippen LogP contribution in [0.4, 0.5) is 0 Å². The van der Waals surface area contributed by atoms with Crippen LogP contribution in [0, 0.1) is 0 Å². The number of ether oxygens (including phenoxy) is 1. The normalized spacial score (nSPS) is 10.5. The maximum atomic E-state index is 11.2. The molecule has 0 radical (unpaired) electrons. The fourth-order valence-electron chi connectivity index (χ4n) is 2.35. The molecule has 0 fully saturated rings. The van der Waals surface area contributed by atoms with E-state index in [0.717, 1.165) is 22.5 Å². The van der Waals surface area contributed by atoms with Gasteiger partial charge in [0.1, 0.15) is 18.0 Å². The van der Waals surface area contributed by atoms with Gasteiger partial charge in [0.05, 0.1) is 6.54 Å². The number of rotatable bonds is 5. The zero-order valence-electron chi connectivity index (χ0n) is 12.8. The fraction of sp³-hybridized carbons (Fsp3) is 0.167. The number of hydrogen-bond acceptors (Lipinski definition) is 4. The molecule has 0 unspecified atom stereocenters. The fourth-order valence-corrected chi connectivity index (χ4v) is 2.35. The zero-order chi connectivity index (χ0) is 16.1. The van der Waals surface area contributed by atoms with Crippen LogP contribution in [0.2, 0.25) is 0 Å². The molecule has 0 saturated heterocycles. The van der Waals surface area contributed by atoms with Gasteiger partial charge in [0.2, 0.25) is 0 Å². The van der Waals surface area contributed by atoms with Crippen molar-refractivity contribution < 1.29 is 9.53 Å². The second kappa shape index (κ2) is 6.87. The molecule has 0 aliphatic heterocycles. The van der Waals surface area contributed by atoms with Gasteiger partial charge >= 0.3 is 5.97 Å². The number of nitrogens with zero attached hydrogens (tertiary/aromatic N) is 3. The average Bonchev–Trinajstić information content (AvgIpc) is 2.97. The van der Waals surface area contributed by atoms with E-state index in [4.69, 9.17) is 4.74 Å². The highest BCUT2D eigenvalue weighted by Crippen LogP contribution is 2.22. The lowest BCUT2D eigenvalue weighted by molar-refractivity contribution is -0.142. The molecule has 0 aliphatic carbocycles. The molecule has 23 heavy (non-hydrogen) atoms. The molecule has 0 spiro atoms. The second-order valence-electron chi connectivity index (χ2n) is 5.17. The van der Waals surface area contributed by atoms with Gasteiger partial charge in [-0.25, -0.2) is 4.68 Å². The number of carbonyl (C=O) groups is 1. The molecule has 0 saturated carbocycles. The molecule has 3 rings (SSSR count). The summed E-state index contributed by atoms with van der Waals surface area (Å²) in [6, 6.07) is 19.8. The summed E-state index contributed by atoms with van der Waals surface area (Å²) in [5.74, 6) is -0.323. The van der Waals surface area contributed by atoms with Crippen LogP contribution < -0.4 is 0 Å². The minimum Gasteiger partial charge on any atom is -0.459 e. The third kappa shape index (κ3) is 3.63. The van der Waals surface area contributed by atoms with Gasteiger partial charge < -0.3 is 4.74 Å². The summed E-state index contributed by atoms with van der Waals surface area (Å²) in [7, 11) is 0. The Morgan fingerprint density at radius 3 is 2.35 bits per heavy atom. The maximum Gasteiger partial charge on any atom is 0.303 e. The summed E-state index contributed by atoms with van der Waals surface area (Å²) in [6.07, 6.45) is 0. The van der Waals surface area contributed by atoms with Crippen LogP contribution in [0.15, 0.2) is 60.7 Å². The molecule has 0 aliphatic rings. The highest BCUT2D eigenvalue weighted by Gasteiger charge is 2.16. The number of hydrogen-bond donors (Lipinski definition) is 0. The summed E-state index contributed by atoms with van der Waals surface area (Å²) in [5.41, 5.74) is 3.59. The van der Waals surface area contributed by atoms with Gasteiger partial charge in [-0.1, -0.05) is 65.9 Å². The van der Waals surface area contributed by atoms with Crippen LogP contribution in [0.1, 0.15) is 18.2 Å². The summed E-state index contributed by atoms with van der Waals surface area (Å²) >= 11 is 0. The minimum atomic E-state index is -0.323. The van der Waals surface area contributed by atoms with Crippen molar-refractivity contribution in [3.63, 3.8) is 0 Å². The molecule has 2 aromatic carbocycles. The summed E-state index contributed by atoms with van der Waals surface area (Å²) in [6.45, 7) is 2.13. The molecule has 0 amide bonds. The third-order valence-corrected chi connectivity index (χ3v) is 3.47. The van der Waals surface area contributed by atoms with E-state index in [0.29, 0.717) is 6.54 Å². The van der Waals surface area contributed by atoms with Crippen molar-refractivity contribution in [3.8, 4) is 11.3 Å². The molecular weight excluding hydrogens is 290 g/mol. The van der Waals surface area contributed by atoms with Crippen molar-refractivity contribution in [2.24, 2.45) is 0 Å². The Morgan fingerprint density at radius 1 is 1.04 bits per heavy atom. The van der Waals surface area contributed by atoms with E-state index in [-0.39, 0.29) is 12.6 Å². The first-order valence-corrected chi connectivity index (χ1v) is 7.39. The Kier molecular flexibility index (Phi) is 4.47. The van der Waals surface area contributed by atoms with Crippen molar-refractivity contribution in [1.82, 2.24) is 15.0 Å². The maximum absolute atomic E-state index is 11.2. The van der Waals surface area contributed by atoms with E-state index in [2.05, 4.69) is 10.3 Å². The third-order valence-electron chi connectivity index (χ3n) is 3.47. The smallest absolute Gasteiger partial charge is 0.303 e. The largest absolute Gasteiger partial charge is 0.459 e. The zero-order valence-corrected chi connectivity index (χ0v) is 12.8. The van der Waals surface area contributed by atoms with Crippen molar-refractivity contribution in [2.45, 2.75) is 20.1 Å². The average molecular weight is 307 g/mol. The SMILES string of the molecule is CC(=O)OCc1c(-c2ccccc2)nnn1Cc1ccccc1. The Labute approximate surface area is 134 Å². The molecule has 3 aromatic rings. The van der Waals surface area contributed by atoms with Crippen LogP contribution in [0.5, 0.6) is 0 Å². The standard InChI is InChI=1S/C18H17N3O2/c1-14(22)23-13-17-18(16-10-6-3-7-11-16)19-20-21(17)12-15-8-4-2-5-9-15/h2-11H,12-13H2,1H3. The van der Waals surface area contributed by atoms with Gasteiger partial charge in [-0.15, -0.1) is 5.10 Å². The predicted octanol–water partition coefficient (Wildman–Crippen LogP) is 3.06. The lowest BCUT2D eigenvalue weighted by atomic mass is 10.1. The van der Waals surface area contributed by atoms with Crippen LogP contribution in [0.25, 0.3) is 11.3 Å². The summed E-state index contributed by atoms with van der Waals surface area (Å²) < 4.78 is 6.97.